The Kier molecular flexibility index (Phi) is 28.3. The van der Waals surface area contributed by atoms with Crippen molar-refractivity contribution in [3.63, 3.8) is 0 Å². The van der Waals surface area contributed by atoms with E-state index in [9.17, 15) is 51.5 Å². The maximum absolute atomic E-state index is 15.4. The summed E-state index contributed by atoms with van der Waals surface area (Å²) in [5, 5.41) is 8.03. The van der Waals surface area contributed by atoms with E-state index in [0.717, 1.165) is 43.7 Å². The number of hydrogen-bond donors (Lipinski definition) is 3. The minimum Gasteiger partial charge on any atom is -0.343 e. The van der Waals surface area contributed by atoms with Crippen molar-refractivity contribution in [1.82, 2.24) is 60.0 Å². The molecule has 6 rings (SSSR count). The van der Waals surface area contributed by atoms with Crippen LogP contribution in [0, 0.1) is 24.7 Å². The molecule has 3 heterocycles. The predicted octanol–water partition coefficient (Wildman–Crippen LogP) is 5.08. The second-order valence-electron chi connectivity index (χ2n) is 28.4. The van der Waals surface area contributed by atoms with Gasteiger partial charge >= 0.3 is 6.18 Å². The minimum absolute atomic E-state index is 0.0152. The lowest BCUT2D eigenvalue weighted by Crippen LogP contribution is -2.65. The molecular weight excluding hydrogens is 1310 g/mol. The van der Waals surface area contributed by atoms with E-state index in [1.54, 1.807) is 43.9 Å². The van der Waals surface area contributed by atoms with Gasteiger partial charge in [0.1, 0.15) is 47.8 Å². The van der Waals surface area contributed by atoms with Crippen LogP contribution in [0.2, 0.25) is 5.02 Å². The smallest absolute Gasteiger partial charge is 0.343 e. The van der Waals surface area contributed by atoms with Crippen molar-refractivity contribution in [3.8, 4) is 0 Å². The highest BCUT2D eigenvalue weighted by molar-refractivity contribution is 6.31. The number of fused-ring (bicyclic) bond motifs is 1. The van der Waals surface area contributed by atoms with Crippen molar-refractivity contribution >= 4 is 82.5 Å². The minimum atomic E-state index is -4.77. The SMILES string of the molecule is CC[C@H](C)[C@@H]1NC(=O)[C@H](CC(C)C)N(C)C(=O)C[C@@H](C(=O)N2CCCCC2)N(C)C(=O)[C@H](C(C)C)N(C)C(=O)C2(CCCC2)NC(=O)[C@@H]2CCCN2C(=O)[C@H](CCc2ccc(C(F)(F)F)c(Cl)c2)NC(=O)CN(C)C(=O)[C@H](Cc2ccccc2C)N(C)C(=O)CN(C)C(=O)CN(C)C1=O. The normalized spacial score (nSPS) is 24.9. The maximum Gasteiger partial charge on any atom is 0.417 e. The molecule has 4 fully saturated rings. The Bertz CT molecular complexity index is 3290. The van der Waals surface area contributed by atoms with Gasteiger partial charge < -0.3 is 60.0 Å². The van der Waals surface area contributed by atoms with Crippen LogP contribution in [0.5, 0.6) is 0 Å². The number of amides is 12. The number of likely N-dealkylation sites (tertiary alicyclic amines) is 1. The van der Waals surface area contributed by atoms with E-state index in [1.165, 1.54) is 75.0 Å². The van der Waals surface area contributed by atoms with Crippen LogP contribution in [0.25, 0.3) is 0 Å². The van der Waals surface area contributed by atoms with Crippen LogP contribution >= 0.6 is 11.6 Å². The van der Waals surface area contributed by atoms with Gasteiger partial charge in [0.25, 0.3) is 0 Å². The van der Waals surface area contributed by atoms with Crippen LogP contribution in [0.3, 0.4) is 0 Å². The Morgan fingerprint density at radius 3 is 1.87 bits per heavy atom. The lowest BCUT2D eigenvalue weighted by molar-refractivity contribution is -0.156. The standard InChI is InChI=1S/C71H104ClF3N12O12/c1-15-45(6)60-67(97)81(10)41-58(90)79(8)42-59(91)83(12)54(38-48-25-18-17-24-46(48)7)65(95)80(9)40-56(88)76-51(30-28-47-27-29-49(50(72)37-47)71(73,74)75)64(94)87-35-23-26-52(87)63(93)78-70(31-19-20-32-70)69(99)85(14)61(44(4)5)68(98)84(13)55(66(96)86-33-21-16-22-34-86)39-57(89)82(11)53(36-43(2)3)62(92)77-60/h17-18,24-25,27,29,37,43-45,51-55,60-61H,15-16,19-23,26,28,30-36,38-42H2,1-14H3,(H,76,88)(H,77,92)(H,78,93)/t45-,51-,52-,53-,54-,55-,60-,61-/m0/s1. The summed E-state index contributed by atoms with van der Waals surface area (Å²) in [7, 11) is 9.68. The number of nitrogens with zero attached hydrogens (tertiary/aromatic N) is 9. The van der Waals surface area contributed by atoms with Gasteiger partial charge in [0, 0.05) is 75.4 Å². The number of nitrogens with one attached hydrogen (secondary N) is 3. The molecule has 12 amide bonds. The van der Waals surface area contributed by atoms with E-state index >= 15 is 19.2 Å². The molecule has 3 N–H and O–H groups in total. The third-order valence-corrected chi connectivity index (χ3v) is 20.6. The number of hydrogen-bond acceptors (Lipinski definition) is 12. The third kappa shape index (κ3) is 20.0. The molecule has 0 aromatic heterocycles. The average Bonchev–Trinajstić information content (AvgIpc) is 1.71. The number of carbonyl (C=O) groups is 12. The highest BCUT2D eigenvalue weighted by atomic mass is 35.5. The van der Waals surface area contributed by atoms with Crippen LogP contribution < -0.4 is 16.0 Å². The van der Waals surface area contributed by atoms with Gasteiger partial charge in [0.05, 0.1) is 36.6 Å². The number of likely N-dealkylation sites (N-methyl/N-ethyl adjacent to an activating group) is 7. The summed E-state index contributed by atoms with van der Waals surface area (Å²) in [5.41, 5.74) is -0.944. The quantitative estimate of drug-likeness (QED) is 0.266. The summed E-state index contributed by atoms with van der Waals surface area (Å²) in [6.07, 6.45) is -1.30. The Morgan fingerprint density at radius 2 is 1.27 bits per heavy atom. The van der Waals surface area contributed by atoms with Crippen molar-refractivity contribution in [2.45, 2.75) is 199 Å². The fraction of sp³-hybridized carbons (Fsp3) is 0.662. The lowest BCUT2D eigenvalue weighted by atomic mass is 9.91. The van der Waals surface area contributed by atoms with Crippen molar-refractivity contribution in [2.75, 3.05) is 88.6 Å². The van der Waals surface area contributed by atoms with E-state index in [4.69, 9.17) is 11.6 Å². The zero-order valence-corrected chi connectivity index (χ0v) is 60.9. The summed E-state index contributed by atoms with van der Waals surface area (Å²) in [4.78, 5) is 189. The van der Waals surface area contributed by atoms with Gasteiger partial charge in [-0.3, -0.25) is 57.5 Å². The molecule has 1 saturated carbocycles. The molecule has 24 nitrogen and oxygen atoms in total. The molecular formula is C71H104ClF3N12O12. The van der Waals surface area contributed by atoms with Gasteiger partial charge in [0.2, 0.25) is 70.9 Å². The van der Waals surface area contributed by atoms with Crippen molar-refractivity contribution in [2.24, 2.45) is 17.8 Å². The average molecular weight is 1410 g/mol. The van der Waals surface area contributed by atoms with Gasteiger partial charge in [-0.1, -0.05) is 103 Å². The molecule has 4 aliphatic rings. The maximum atomic E-state index is 15.4. The number of alkyl halides is 3. The second kappa shape index (κ2) is 35.0. The molecule has 0 bridgehead atoms. The number of carbonyl (C=O) groups excluding carboxylic acids is 12. The van der Waals surface area contributed by atoms with Crippen molar-refractivity contribution < 1.29 is 70.7 Å². The Balaban J connectivity index is 1.43. The first-order valence-electron chi connectivity index (χ1n) is 34.6. The zero-order valence-electron chi connectivity index (χ0n) is 60.1. The van der Waals surface area contributed by atoms with Gasteiger partial charge in [-0.25, -0.2) is 0 Å². The molecule has 1 aliphatic carbocycles. The third-order valence-electron chi connectivity index (χ3n) is 20.3. The number of rotatable bonds is 11. The summed E-state index contributed by atoms with van der Waals surface area (Å²) in [6.45, 7) is 11.5. The Morgan fingerprint density at radius 1 is 0.657 bits per heavy atom. The molecule has 3 saturated heterocycles. The van der Waals surface area contributed by atoms with Gasteiger partial charge in [0.15, 0.2) is 0 Å². The van der Waals surface area contributed by atoms with Crippen molar-refractivity contribution in [1.29, 1.82) is 0 Å². The summed E-state index contributed by atoms with van der Waals surface area (Å²) in [5.74, 6) is -9.52. The highest BCUT2D eigenvalue weighted by Crippen LogP contribution is 2.37. The second-order valence-corrected chi connectivity index (χ2v) is 28.8. The van der Waals surface area contributed by atoms with Crippen LogP contribution in [-0.4, -0.2) is 251 Å². The number of halogens is 4. The Labute approximate surface area is 585 Å². The van der Waals surface area contributed by atoms with Crippen LogP contribution in [0.4, 0.5) is 13.2 Å². The monoisotopic (exact) mass is 1410 g/mol. The van der Waals surface area contributed by atoms with Crippen LogP contribution in [0.15, 0.2) is 42.5 Å². The van der Waals surface area contributed by atoms with Crippen LogP contribution in [0.1, 0.15) is 147 Å². The zero-order chi connectivity index (χ0) is 73.7. The molecule has 0 radical (unpaired) electrons. The molecule has 28 heteroatoms. The number of aryl methyl sites for hydroxylation is 2. The predicted molar refractivity (Wildman–Crippen MR) is 366 cm³/mol. The first-order chi connectivity index (χ1) is 46.4. The fourth-order valence-corrected chi connectivity index (χ4v) is 14.2. The molecule has 0 unspecified atom stereocenters. The van der Waals surface area contributed by atoms with Crippen molar-refractivity contribution in [3.05, 3.63) is 69.7 Å². The largest absolute Gasteiger partial charge is 0.417 e. The summed E-state index contributed by atoms with van der Waals surface area (Å²) < 4.78 is 41.5. The van der Waals surface area contributed by atoms with Gasteiger partial charge in [-0.05, 0) is 118 Å². The molecule has 3 aliphatic heterocycles. The molecule has 2 aromatic rings. The molecule has 1 spiro atoms. The van der Waals surface area contributed by atoms with Gasteiger partial charge in [-0.2, -0.15) is 13.2 Å². The lowest BCUT2D eigenvalue weighted by Gasteiger charge is -2.42. The molecule has 99 heavy (non-hydrogen) atoms. The van der Waals surface area contributed by atoms with E-state index in [2.05, 4.69) is 16.0 Å². The van der Waals surface area contributed by atoms with Crippen LogP contribution in [-0.2, 0) is 76.6 Å². The van der Waals surface area contributed by atoms with E-state index in [1.807, 2.05) is 33.8 Å². The number of piperidine rings is 1. The van der Waals surface area contributed by atoms with Gasteiger partial charge in [-0.15, -0.1) is 0 Å². The first kappa shape index (κ1) is 80.1. The first-order valence-corrected chi connectivity index (χ1v) is 35.0. The molecule has 8 atom stereocenters. The number of benzene rings is 2. The Hall–Kier alpha value is -7.84. The van der Waals surface area contributed by atoms with E-state index in [-0.39, 0.29) is 63.0 Å². The molecule has 548 valence electrons. The van der Waals surface area contributed by atoms with E-state index < -0.39 is 173 Å². The summed E-state index contributed by atoms with van der Waals surface area (Å²) in [6, 6.07) is 1.20. The summed E-state index contributed by atoms with van der Waals surface area (Å²) >= 11 is 6.14. The molecule has 2 aromatic carbocycles. The topological polar surface area (TPSA) is 270 Å². The fourth-order valence-electron chi connectivity index (χ4n) is 13.9. The highest BCUT2D eigenvalue weighted by Gasteiger charge is 2.51. The van der Waals surface area contributed by atoms with E-state index in [0.29, 0.717) is 57.2 Å².